The van der Waals surface area contributed by atoms with Gasteiger partial charge in [0.15, 0.2) is 17.0 Å². The maximum absolute atomic E-state index is 12.8. The van der Waals surface area contributed by atoms with Crippen LogP contribution in [0.3, 0.4) is 0 Å². The minimum Gasteiger partial charge on any atom is -0.474 e. The lowest BCUT2D eigenvalue weighted by atomic mass is 9.84. The average molecular weight is 375 g/mol. The topological polar surface area (TPSA) is 38.8 Å². The number of hydrogen-bond acceptors (Lipinski definition) is 2. The van der Waals surface area contributed by atoms with Crippen LogP contribution in [-0.4, -0.2) is 34.6 Å². The fourth-order valence-electron chi connectivity index (χ4n) is 4.08. The van der Waals surface area contributed by atoms with Gasteiger partial charge in [0.25, 0.3) is 0 Å². The summed E-state index contributed by atoms with van der Waals surface area (Å²) in [5, 5.41) is 0. The van der Waals surface area contributed by atoms with Crippen molar-refractivity contribution in [3.63, 3.8) is 0 Å². The van der Waals surface area contributed by atoms with Crippen LogP contribution in [0.2, 0.25) is 0 Å². The van der Waals surface area contributed by atoms with E-state index in [9.17, 15) is 18.0 Å². The molecule has 2 aliphatic rings. The van der Waals surface area contributed by atoms with Gasteiger partial charge in [-0.2, -0.15) is 13.2 Å². The number of piperidine rings is 1. The smallest absolute Gasteiger partial charge is 0.471 e. The Bertz CT molecular complexity index is 964. The third kappa shape index (κ3) is 2.57. The van der Waals surface area contributed by atoms with Crippen molar-refractivity contribution in [1.29, 1.82) is 0 Å². The van der Waals surface area contributed by atoms with Crippen LogP contribution in [0.4, 0.5) is 19.0 Å². The summed E-state index contributed by atoms with van der Waals surface area (Å²) in [6.45, 7) is 9.24. The molecule has 8 heteroatoms. The number of aryl methyl sites for hydroxylation is 1. The molecule has 0 unspecified atom stereocenters. The maximum atomic E-state index is 12.8. The SMILES string of the molecule is [C-]#[N+]c1cc(C)c2n1-c1ccccc1OC21CCN(C(=O)C(F)(F)F)CC1. The molecule has 0 aliphatic carbocycles. The molecule has 0 N–H and O–H groups in total. The zero-order valence-electron chi connectivity index (χ0n) is 14.5. The van der Waals surface area contributed by atoms with Gasteiger partial charge in [0.05, 0.1) is 0 Å². The lowest BCUT2D eigenvalue weighted by Gasteiger charge is -2.43. The maximum Gasteiger partial charge on any atom is 0.471 e. The minimum absolute atomic E-state index is 0.0571. The molecule has 2 aromatic rings. The van der Waals surface area contributed by atoms with Crippen molar-refractivity contribution in [1.82, 2.24) is 9.47 Å². The van der Waals surface area contributed by atoms with E-state index in [1.165, 1.54) is 0 Å². The number of para-hydroxylation sites is 2. The molecule has 1 spiro atoms. The van der Waals surface area contributed by atoms with E-state index in [0.717, 1.165) is 21.8 Å². The molecule has 140 valence electrons. The summed E-state index contributed by atoms with van der Waals surface area (Å²) in [6, 6.07) is 9.06. The summed E-state index contributed by atoms with van der Waals surface area (Å²) in [4.78, 5) is 16.0. The van der Waals surface area contributed by atoms with Crippen LogP contribution in [0.5, 0.6) is 5.75 Å². The second kappa shape index (κ2) is 5.78. The number of halogens is 3. The molecule has 0 radical (unpaired) electrons. The molecular weight excluding hydrogens is 359 g/mol. The normalized spacial score (nSPS) is 17.7. The average Bonchev–Trinajstić information content (AvgIpc) is 2.99. The van der Waals surface area contributed by atoms with Crippen molar-refractivity contribution in [2.75, 3.05) is 13.1 Å². The Labute approximate surface area is 153 Å². The number of hydrogen-bond donors (Lipinski definition) is 0. The molecule has 27 heavy (non-hydrogen) atoms. The number of nitrogens with zero attached hydrogens (tertiary/aromatic N) is 3. The van der Waals surface area contributed by atoms with Gasteiger partial charge >= 0.3 is 12.1 Å². The molecule has 1 aromatic heterocycles. The van der Waals surface area contributed by atoms with Crippen molar-refractivity contribution in [3.05, 3.63) is 53.0 Å². The number of amides is 1. The van der Waals surface area contributed by atoms with Gasteiger partial charge in [0.1, 0.15) is 5.69 Å². The first-order chi connectivity index (χ1) is 12.8. The third-order valence-electron chi connectivity index (χ3n) is 5.23. The van der Waals surface area contributed by atoms with E-state index in [4.69, 9.17) is 11.3 Å². The van der Waals surface area contributed by atoms with Crippen molar-refractivity contribution in [2.45, 2.75) is 31.5 Å². The first kappa shape index (κ1) is 17.5. The predicted octanol–water partition coefficient (Wildman–Crippen LogP) is 4.11. The molecule has 1 fully saturated rings. The number of carbonyl (C=O) groups excluding carboxylic acids is 1. The van der Waals surface area contributed by atoms with E-state index in [1.807, 2.05) is 29.7 Å². The van der Waals surface area contributed by atoms with Crippen molar-refractivity contribution in [2.24, 2.45) is 0 Å². The fourth-order valence-corrected chi connectivity index (χ4v) is 4.08. The zero-order valence-corrected chi connectivity index (χ0v) is 14.5. The number of aromatic nitrogens is 1. The van der Waals surface area contributed by atoms with E-state index < -0.39 is 17.7 Å². The minimum atomic E-state index is -4.88. The van der Waals surface area contributed by atoms with Crippen molar-refractivity contribution in [3.8, 4) is 11.4 Å². The molecule has 2 aliphatic heterocycles. The number of fused-ring (bicyclic) bond motifs is 4. The fraction of sp³-hybridized carbons (Fsp3) is 0.368. The Hall–Kier alpha value is -2.95. The Morgan fingerprint density at radius 3 is 2.56 bits per heavy atom. The number of ether oxygens (including phenoxy) is 1. The summed E-state index contributed by atoms with van der Waals surface area (Å²) < 4.78 is 46.4. The summed E-state index contributed by atoms with van der Waals surface area (Å²) >= 11 is 0. The van der Waals surface area contributed by atoms with Crippen LogP contribution in [-0.2, 0) is 10.4 Å². The first-order valence-corrected chi connectivity index (χ1v) is 8.52. The van der Waals surface area contributed by atoms with Gasteiger partial charge < -0.3 is 14.5 Å². The highest BCUT2D eigenvalue weighted by molar-refractivity contribution is 5.82. The highest BCUT2D eigenvalue weighted by Gasteiger charge is 2.51. The first-order valence-electron chi connectivity index (χ1n) is 8.52. The van der Waals surface area contributed by atoms with Crippen molar-refractivity contribution >= 4 is 11.7 Å². The van der Waals surface area contributed by atoms with E-state index >= 15 is 0 Å². The zero-order chi connectivity index (χ0) is 19.4. The van der Waals surface area contributed by atoms with Gasteiger partial charge in [-0.05, 0) is 30.7 Å². The molecule has 1 amide bonds. The Kier molecular flexibility index (Phi) is 3.74. The molecule has 4 rings (SSSR count). The second-order valence-electron chi connectivity index (χ2n) is 6.84. The summed E-state index contributed by atoms with van der Waals surface area (Å²) in [5.74, 6) is -0.796. The lowest BCUT2D eigenvalue weighted by Crippen LogP contribution is -2.52. The molecule has 0 atom stereocenters. The molecule has 5 nitrogen and oxygen atoms in total. The van der Waals surface area contributed by atoms with Gasteiger partial charge in [-0.3, -0.25) is 9.36 Å². The third-order valence-corrected chi connectivity index (χ3v) is 5.23. The summed E-state index contributed by atoms with van der Waals surface area (Å²) in [7, 11) is 0. The molecule has 0 bridgehead atoms. The molecule has 3 heterocycles. The number of alkyl halides is 3. The molecule has 0 saturated carbocycles. The predicted molar refractivity (Wildman–Crippen MR) is 90.9 cm³/mol. The monoisotopic (exact) mass is 375 g/mol. The van der Waals surface area contributed by atoms with Crippen LogP contribution < -0.4 is 4.74 Å². The highest BCUT2D eigenvalue weighted by atomic mass is 19.4. The van der Waals surface area contributed by atoms with Gasteiger partial charge in [0, 0.05) is 25.9 Å². The summed E-state index contributed by atoms with van der Waals surface area (Å²) in [5.41, 5.74) is 1.52. The van der Waals surface area contributed by atoms with Gasteiger partial charge in [0.2, 0.25) is 5.82 Å². The number of carbonyl (C=O) groups is 1. The quantitative estimate of drug-likeness (QED) is 0.650. The van der Waals surface area contributed by atoms with Gasteiger partial charge in [-0.15, -0.1) is 0 Å². The molecule has 1 saturated heterocycles. The van der Waals surface area contributed by atoms with Crippen LogP contribution in [0.1, 0.15) is 24.1 Å². The second-order valence-corrected chi connectivity index (χ2v) is 6.84. The number of benzene rings is 1. The molecular formula is C19H16F3N3O2. The van der Waals surface area contributed by atoms with Crippen molar-refractivity contribution < 1.29 is 22.7 Å². The lowest BCUT2D eigenvalue weighted by molar-refractivity contribution is -0.188. The molecule has 1 aromatic carbocycles. The Balaban J connectivity index is 1.76. The standard InChI is InChI=1S/C19H16F3N3O2/c1-12-11-15(23-2)25-13-5-3-4-6-14(13)27-18(16(12)25)7-9-24(10-8-18)17(26)19(20,21)22/h3-6,11H,7-10H2,1H3. The Morgan fingerprint density at radius 1 is 1.26 bits per heavy atom. The van der Waals surface area contributed by atoms with Crippen LogP contribution >= 0.6 is 0 Å². The van der Waals surface area contributed by atoms with Gasteiger partial charge in [-0.25, -0.2) is 0 Å². The van der Waals surface area contributed by atoms with E-state index in [-0.39, 0.29) is 25.9 Å². The number of rotatable bonds is 0. The van der Waals surface area contributed by atoms with Crippen LogP contribution in [0.15, 0.2) is 30.3 Å². The summed E-state index contributed by atoms with van der Waals surface area (Å²) in [6.07, 6.45) is -4.42. The van der Waals surface area contributed by atoms with E-state index in [1.54, 1.807) is 12.1 Å². The van der Waals surface area contributed by atoms with E-state index in [2.05, 4.69) is 4.85 Å². The van der Waals surface area contributed by atoms with E-state index in [0.29, 0.717) is 11.6 Å². The van der Waals surface area contributed by atoms with Crippen LogP contribution in [0.25, 0.3) is 10.5 Å². The largest absolute Gasteiger partial charge is 0.474 e. The Morgan fingerprint density at radius 2 is 1.93 bits per heavy atom. The van der Waals surface area contributed by atoms with Crippen LogP contribution in [0, 0.1) is 13.5 Å². The highest BCUT2D eigenvalue weighted by Crippen LogP contribution is 2.49. The van der Waals surface area contributed by atoms with Gasteiger partial charge in [-0.1, -0.05) is 18.7 Å². The number of likely N-dealkylation sites (tertiary alicyclic amines) is 1.